The Morgan fingerprint density at radius 2 is 1.94 bits per heavy atom. The van der Waals surface area contributed by atoms with Gasteiger partial charge in [-0.05, 0) is 37.6 Å². The number of nitrogens with one attached hydrogen (secondary N) is 2. The molecule has 2 aliphatic heterocycles. The Hall–Kier alpha value is -3.07. The summed E-state index contributed by atoms with van der Waals surface area (Å²) < 4.78 is 29.4. The zero-order chi connectivity index (χ0) is 23.0. The van der Waals surface area contributed by atoms with E-state index in [1.807, 2.05) is 0 Å². The molecule has 1 aromatic heterocycles. The van der Waals surface area contributed by atoms with Crippen LogP contribution in [0.15, 0.2) is 24.3 Å². The van der Waals surface area contributed by atoms with Gasteiger partial charge in [0.2, 0.25) is 17.7 Å². The molecule has 10 heteroatoms. The lowest BCUT2D eigenvalue weighted by atomic mass is 9.89. The molecule has 1 atom stereocenters. The molecule has 2 aromatic rings. The number of carbonyl (C=O) groups is 3. The molecule has 1 aromatic carbocycles. The van der Waals surface area contributed by atoms with E-state index in [1.54, 1.807) is 24.0 Å². The molecule has 168 valence electrons. The van der Waals surface area contributed by atoms with Gasteiger partial charge in [-0.1, -0.05) is 11.6 Å². The number of aryl methyl sites for hydroxylation is 1. The van der Waals surface area contributed by atoms with Gasteiger partial charge in [0, 0.05) is 30.8 Å². The molecule has 1 unspecified atom stereocenters. The largest absolute Gasteiger partial charge is 0.367 e. The highest BCUT2D eigenvalue weighted by Crippen LogP contribution is 2.33. The fourth-order valence-electron chi connectivity index (χ4n) is 3.97. The standard InChI is InChI=1S/C22H21ClF2N4O3/c1-11-16(23)4-2-12(26-11)6-20(31)27-13-9-29(10-13)14-7-17(24)21(18(25)8-14)15-3-5-19(30)28-22(15)32/h2,4,7-8,13,15H,3,5-6,9-10H2,1H3,(H,27,31)(H,28,30,32). The molecule has 2 fully saturated rings. The summed E-state index contributed by atoms with van der Waals surface area (Å²) in [5.74, 6) is -4.02. The summed E-state index contributed by atoms with van der Waals surface area (Å²) in [6, 6.07) is 5.59. The number of benzene rings is 1. The van der Waals surface area contributed by atoms with Crippen LogP contribution in [0.1, 0.15) is 35.7 Å². The third-order valence-corrected chi connectivity index (χ3v) is 6.08. The number of rotatable bonds is 5. The minimum absolute atomic E-state index is 0.0374. The maximum Gasteiger partial charge on any atom is 0.234 e. The average molecular weight is 463 g/mol. The van der Waals surface area contributed by atoms with Gasteiger partial charge in [-0.15, -0.1) is 0 Å². The van der Waals surface area contributed by atoms with E-state index in [0.29, 0.717) is 35.2 Å². The molecule has 0 saturated carbocycles. The quantitative estimate of drug-likeness (QED) is 0.666. The molecule has 3 amide bonds. The van der Waals surface area contributed by atoms with E-state index >= 15 is 0 Å². The number of imide groups is 1. The van der Waals surface area contributed by atoms with Gasteiger partial charge in [-0.2, -0.15) is 0 Å². The number of piperidine rings is 1. The predicted octanol–water partition coefficient (Wildman–Crippen LogP) is 2.39. The van der Waals surface area contributed by atoms with Crippen molar-refractivity contribution in [3.05, 3.63) is 57.9 Å². The number of amides is 3. The van der Waals surface area contributed by atoms with Crippen molar-refractivity contribution in [3.63, 3.8) is 0 Å². The normalized spacial score (nSPS) is 18.9. The summed E-state index contributed by atoms with van der Waals surface area (Å²) in [6.45, 7) is 2.56. The second kappa shape index (κ2) is 8.82. The zero-order valence-electron chi connectivity index (χ0n) is 17.3. The molecule has 0 aliphatic carbocycles. The fraction of sp³-hybridized carbons (Fsp3) is 0.364. The van der Waals surface area contributed by atoms with Crippen LogP contribution in [-0.4, -0.2) is 41.8 Å². The van der Waals surface area contributed by atoms with E-state index in [-0.39, 0.29) is 36.8 Å². The van der Waals surface area contributed by atoms with Crippen LogP contribution in [0.4, 0.5) is 14.5 Å². The molecule has 3 heterocycles. The van der Waals surface area contributed by atoms with Gasteiger partial charge in [0.1, 0.15) is 11.6 Å². The summed E-state index contributed by atoms with van der Waals surface area (Å²) >= 11 is 5.94. The molecule has 2 saturated heterocycles. The van der Waals surface area contributed by atoms with E-state index in [9.17, 15) is 23.2 Å². The van der Waals surface area contributed by atoms with Crippen LogP contribution in [0, 0.1) is 18.6 Å². The summed E-state index contributed by atoms with van der Waals surface area (Å²) in [6.07, 6.45) is 0.214. The highest BCUT2D eigenvalue weighted by atomic mass is 35.5. The van der Waals surface area contributed by atoms with Gasteiger partial charge in [0.05, 0.1) is 34.8 Å². The van der Waals surface area contributed by atoms with Crippen LogP contribution in [0.3, 0.4) is 0 Å². The molecule has 32 heavy (non-hydrogen) atoms. The first kappa shape index (κ1) is 22.1. The number of carbonyl (C=O) groups excluding carboxylic acids is 3. The lowest BCUT2D eigenvalue weighted by molar-refractivity contribution is -0.134. The van der Waals surface area contributed by atoms with E-state index in [1.165, 1.54) is 12.1 Å². The number of nitrogens with zero attached hydrogens (tertiary/aromatic N) is 2. The molecular weight excluding hydrogens is 442 g/mol. The average Bonchev–Trinajstić information content (AvgIpc) is 2.68. The van der Waals surface area contributed by atoms with Crippen molar-refractivity contribution in [2.45, 2.75) is 38.1 Å². The van der Waals surface area contributed by atoms with Crippen molar-refractivity contribution in [1.29, 1.82) is 0 Å². The number of pyridine rings is 1. The van der Waals surface area contributed by atoms with Crippen molar-refractivity contribution in [1.82, 2.24) is 15.6 Å². The highest BCUT2D eigenvalue weighted by molar-refractivity contribution is 6.31. The molecule has 2 aliphatic rings. The summed E-state index contributed by atoms with van der Waals surface area (Å²) in [5.41, 5.74) is 1.26. The fourth-order valence-corrected chi connectivity index (χ4v) is 4.08. The van der Waals surface area contributed by atoms with E-state index in [0.717, 1.165) is 0 Å². The van der Waals surface area contributed by atoms with E-state index < -0.39 is 29.4 Å². The van der Waals surface area contributed by atoms with Gasteiger partial charge in [-0.25, -0.2) is 8.78 Å². The van der Waals surface area contributed by atoms with Crippen molar-refractivity contribution >= 4 is 35.0 Å². The number of hydrogen-bond donors (Lipinski definition) is 2. The first-order valence-electron chi connectivity index (χ1n) is 10.2. The van der Waals surface area contributed by atoms with Crippen molar-refractivity contribution < 1.29 is 23.2 Å². The third-order valence-electron chi connectivity index (χ3n) is 5.68. The molecule has 7 nitrogen and oxygen atoms in total. The Bertz CT molecular complexity index is 1080. The van der Waals surface area contributed by atoms with Crippen molar-refractivity contribution in [3.8, 4) is 0 Å². The number of aromatic nitrogens is 1. The summed E-state index contributed by atoms with van der Waals surface area (Å²) in [4.78, 5) is 41.5. The zero-order valence-corrected chi connectivity index (χ0v) is 18.0. The lowest BCUT2D eigenvalue weighted by Crippen LogP contribution is -2.59. The van der Waals surface area contributed by atoms with Gasteiger partial charge < -0.3 is 10.2 Å². The number of hydrogen-bond acceptors (Lipinski definition) is 5. The predicted molar refractivity (Wildman–Crippen MR) is 113 cm³/mol. The Morgan fingerprint density at radius 3 is 2.56 bits per heavy atom. The summed E-state index contributed by atoms with van der Waals surface area (Å²) in [5, 5.41) is 5.53. The molecule has 0 bridgehead atoms. The second-order valence-electron chi connectivity index (χ2n) is 8.04. The van der Waals surface area contributed by atoms with E-state index in [4.69, 9.17) is 11.6 Å². The number of anilines is 1. The first-order chi connectivity index (χ1) is 15.2. The minimum Gasteiger partial charge on any atom is -0.367 e. The first-order valence-corrected chi connectivity index (χ1v) is 10.6. The topological polar surface area (TPSA) is 91.4 Å². The third kappa shape index (κ3) is 4.57. The summed E-state index contributed by atoms with van der Waals surface area (Å²) in [7, 11) is 0. The van der Waals surface area contributed by atoms with Gasteiger partial charge in [0.15, 0.2) is 0 Å². The van der Waals surface area contributed by atoms with Crippen LogP contribution in [0.5, 0.6) is 0 Å². The Balaban J connectivity index is 1.35. The van der Waals surface area contributed by atoms with Crippen molar-refractivity contribution in [2.24, 2.45) is 0 Å². The minimum atomic E-state index is -1.03. The highest BCUT2D eigenvalue weighted by Gasteiger charge is 2.34. The Kier molecular flexibility index (Phi) is 6.10. The Morgan fingerprint density at radius 1 is 1.25 bits per heavy atom. The maximum atomic E-state index is 14.7. The molecule has 0 spiro atoms. The Labute approximate surface area is 188 Å². The van der Waals surface area contributed by atoms with Crippen molar-refractivity contribution in [2.75, 3.05) is 18.0 Å². The van der Waals surface area contributed by atoms with Gasteiger partial charge >= 0.3 is 0 Å². The smallest absolute Gasteiger partial charge is 0.234 e. The van der Waals surface area contributed by atoms with Crippen LogP contribution in [0.2, 0.25) is 5.02 Å². The van der Waals surface area contributed by atoms with E-state index in [2.05, 4.69) is 15.6 Å². The monoisotopic (exact) mass is 462 g/mol. The number of halogens is 3. The molecule has 2 N–H and O–H groups in total. The lowest BCUT2D eigenvalue weighted by Gasteiger charge is -2.41. The van der Waals surface area contributed by atoms with Crippen LogP contribution in [-0.2, 0) is 20.8 Å². The van der Waals surface area contributed by atoms with Crippen LogP contribution in [0.25, 0.3) is 0 Å². The van der Waals surface area contributed by atoms with Crippen LogP contribution < -0.4 is 15.5 Å². The molecular formula is C22H21ClF2N4O3. The second-order valence-corrected chi connectivity index (χ2v) is 8.45. The molecule has 0 radical (unpaired) electrons. The van der Waals surface area contributed by atoms with Gasteiger partial charge in [-0.3, -0.25) is 24.7 Å². The van der Waals surface area contributed by atoms with Gasteiger partial charge in [0.25, 0.3) is 0 Å². The maximum absolute atomic E-state index is 14.7. The SMILES string of the molecule is Cc1nc(CC(=O)NC2CN(c3cc(F)c(C4CCC(=O)NC4=O)c(F)c3)C2)ccc1Cl. The molecule has 4 rings (SSSR count). The van der Waals surface area contributed by atoms with Crippen LogP contribution >= 0.6 is 11.6 Å².